The standard InChI is InChI=1S/C18H20ClN3O/c19-14-6-4-13(5-7-14)18(23)21-15-8-9-17(16(20)12-15)22-10-2-1-3-11-22/h4-9,12H,1-3,10-11,20H2,(H,21,23). The predicted molar refractivity (Wildman–Crippen MR) is 96.3 cm³/mol. The molecule has 1 aliphatic heterocycles. The van der Waals surface area contributed by atoms with E-state index in [0.29, 0.717) is 22.0 Å². The molecule has 3 N–H and O–H groups in total. The Morgan fingerprint density at radius 3 is 2.39 bits per heavy atom. The van der Waals surface area contributed by atoms with E-state index in [4.69, 9.17) is 17.3 Å². The molecule has 0 unspecified atom stereocenters. The van der Waals surface area contributed by atoms with Crippen molar-refractivity contribution in [2.75, 3.05) is 29.0 Å². The highest BCUT2D eigenvalue weighted by molar-refractivity contribution is 6.30. The van der Waals surface area contributed by atoms with Crippen LogP contribution in [-0.4, -0.2) is 19.0 Å². The van der Waals surface area contributed by atoms with E-state index in [9.17, 15) is 4.79 Å². The van der Waals surface area contributed by atoms with E-state index in [-0.39, 0.29) is 5.91 Å². The van der Waals surface area contributed by atoms with Crippen LogP contribution in [0.3, 0.4) is 0 Å². The van der Waals surface area contributed by atoms with Crippen LogP contribution in [-0.2, 0) is 0 Å². The fourth-order valence-corrected chi connectivity index (χ4v) is 2.99. The molecule has 4 nitrogen and oxygen atoms in total. The van der Waals surface area contributed by atoms with Crippen LogP contribution in [0.25, 0.3) is 0 Å². The van der Waals surface area contributed by atoms with Crippen molar-refractivity contribution in [3.8, 4) is 0 Å². The largest absolute Gasteiger partial charge is 0.397 e. The molecule has 1 fully saturated rings. The van der Waals surface area contributed by atoms with E-state index >= 15 is 0 Å². The van der Waals surface area contributed by atoms with Gasteiger partial charge in [-0.1, -0.05) is 11.6 Å². The molecule has 0 bridgehead atoms. The van der Waals surface area contributed by atoms with Crippen molar-refractivity contribution in [2.45, 2.75) is 19.3 Å². The molecule has 0 radical (unpaired) electrons. The molecule has 1 saturated heterocycles. The molecule has 3 rings (SSSR count). The van der Waals surface area contributed by atoms with E-state index in [0.717, 1.165) is 18.8 Å². The van der Waals surface area contributed by atoms with Crippen molar-refractivity contribution in [1.82, 2.24) is 0 Å². The van der Waals surface area contributed by atoms with E-state index in [1.807, 2.05) is 18.2 Å². The summed E-state index contributed by atoms with van der Waals surface area (Å²) in [6, 6.07) is 12.5. The number of hydrogen-bond donors (Lipinski definition) is 2. The lowest BCUT2D eigenvalue weighted by molar-refractivity contribution is 0.102. The smallest absolute Gasteiger partial charge is 0.255 e. The highest BCUT2D eigenvalue weighted by atomic mass is 35.5. The van der Waals surface area contributed by atoms with Crippen LogP contribution in [0.2, 0.25) is 5.02 Å². The molecule has 0 atom stereocenters. The maximum atomic E-state index is 12.2. The van der Waals surface area contributed by atoms with E-state index < -0.39 is 0 Å². The lowest BCUT2D eigenvalue weighted by atomic mass is 10.1. The fourth-order valence-electron chi connectivity index (χ4n) is 2.86. The first kappa shape index (κ1) is 15.7. The number of anilines is 3. The van der Waals surface area contributed by atoms with Crippen molar-refractivity contribution in [3.05, 3.63) is 53.1 Å². The normalized spacial score (nSPS) is 14.6. The zero-order valence-corrected chi connectivity index (χ0v) is 13.6. The summed E-state index contributed by atoms with van der Waals surface area (Å²) in [6.45, 7) is 2.08. The Hall–Kier alpha value is -2.20. The topological polar surface area (TPSA) is 58.4 Å². The van der Waals surface area contributed by atoms with Gasteiger partial charge in [0.05, 0.1) is 11.4 Å². The number of nitrogens with zero attached hydrogens (tertiary/aromatic N) is 1. The molecule has 5 heteroatoms. The first-order valence-corrected chi connectivity index (χ1v) is 8.23. The number of nitrogens with one attached hydrogen (secondary N) is 1. The monoisotopic (exact) mass is 329 g/mol. The predicted octanol–water partition coefficient (Wildman–Crippen LogP) is 4.16. The molecule has 23 heavy (non-hydrogen) atoms. The summed E-state index contributed by atoms with van der Waals surface area (Å²) in [5.41, 5.74) is 9.18. The molecule has 1 heterocycles. The van der Waals surface area contributed by atoms with Crippen molar-refractivity contribution in [3.63, 3.8) is 0 Å². The highest BCUT2D eigenvalue weighted by Gasteiger charge is 2.14. The van der Waals surface area contributed by atoms with Crippen LogP contribution >= 0.6 is 11.6 Å². The van der Waals surface area contributed by atoms with Gasteiger partial charge >= 0.3 is 0 Å². The maximum Gasteiger partial charge on any atom is 0.255 e. The van der Waals surface area contributed by atoms with Crippen molar-refractivity contribution >= 4 is 34.6 Å². The third kappa shape index (κ3) is 3.77. The molecule has 0 spiro atoms. The minimum Gasteiger partial charge on any atom is -0.397 e. The van der Waals surface area contributed by atoms with E-state index in [2.05, 4.69) is 10.2 Å². The van der Waals surface area contributed by atoms with Crippen molar-refractivity contribution in [2.24, 2.45) is 0 Å². The molecule has 2 aromatic rings. The molecule has 2 aromatic carbocycles. The summed E-state index contributed by atoms with van der Waals surface area (Å²) in [7, 11) is 0. The first-order valence-electron chi connectivity index (χ1n) is 7.85. The quantitative estimate of drug-likeness (QED) is 0.831. The zero-order chi connectivity index (χ0) is 16.2. The van der Waals surface area contributed by atoms with Gasteiger partial charge in [0.1, 0.15) is 0 Å². The third-order valence-electron chi connectivity index (χ3n) is 4.09. The number of carbonyl (C=O) groups excluding carboxylic acids is 1. The van der Waals surface area contributed by atoms with Gasteiger partial charge in [-0.2, -0.15) is 0 Å². The van der Waals surface area contributed by atoms with E-state index in [1.54, 1.807) is 24.3 Å². The molecule has 0 aliphatic carbocycles. The number of piperidine rings is 1. The number of rotatable bonds is 3. The number of benzene rings is 2. The maximum absolute atomic E-state index is 12.2. The highest BCUT2D eigenvalue weighted by Crippen LogP contribution is 2.29. The molecular formula is C18H20ClN3O. The Morgan fingerprint density at radius 1 is 1.04 bits per heavy atom. The third-order valence-corrected chi connectivity index (χ3v) is 4.34. The Morgan fingerprint density at radius 2 is 1.74 bits per heavy atom. The van der Waals surface area contributed by atoms with Gasteiger partial charge < -0.3 is 16.0 Å². The van der Waals surface area contributed by atoms with Gasteiger partial charge in [0.2, 0.25) is 0 Å². The van der Waals surface area contributed by atoms with E-state index in [1.165, 1.54) is 19.3 Å². The number of halogens is 1. The van der Waals surface area contributed by atoms with Gasteiger partial charge in [-0.15, -0.1) is 0 Å². The Bertz CT molecular complexity index is 694. The summed E-state index contributed by atoms with van der Waals surface area (Å²) < 4.78 is 0. The molecule has 0 aromatic heterocycles. The second kappa shape index (κ2) is 6.92. The fraction of sp³-hybridized carbons (Fsp3) is 0.278. The number of nitrogen functional groups attached to an aromatic ring is 1. The number of hydrogen-bond acceptors (Lipinski definition) is 3. The Labute approximate surface area is 141 Å². The summed E-state index contributed by atoms with van der Waals surface area (Å²) in [5, 5.41) is 3.48. The Balaban J connectivity index is 1.72. The summed E-state index contributed by atoms with van der Waals surface area (Å²) >= 11 is 5.84. The molecule has 1 amide bonds. The second-order valence-corrected chi connectivity index (χ2v) is 6.22. The van der Waals surface area contributed by atoms with Crippen molar-refractivity contribution < 1.29 is 4.79 Å². The van der Waals surface area contributed by atoms with Crippen LogP contribution in [0.15, 0.2) is 42.5 Å². The van der Waals surface area contributed by atoms with Crippen LogP contribution in [0, 0.1) is 0 Å². The first-order chi connectivity index (χ1) is 11.1. The van der Waals surface area contributed by atoms with Crippen LogP contribution in [0.4, 0.5) is 17.1 Å². The number of carbonyl (C=O) groups is 1. The summed E-state index contributed by atoms with van der Waals surface area (Å²) in [4.78, 5) is 14.5. The summed E-state index contributed by atoms with van der Waals surface area (Å²) in [6.07, 6.45) is 3.69. The lowest BCUT2D eigenvalue weighted by Crippen LogP contribution is -2.30. The van der Waals surface area contributed by atoms with Crippen LogP contribution in [0.5, 0.6) is 0 Å². The molecule has 120 valence electrons. The average molecular weight is 330 g/mol. The van der Waals surface area contributed by atoms with Gasteiger partial charge in [-0.3, -0.25) is 4.79 Å². The van der Waals surface area contributed by atoms with Gasteiger partial charge in [-0.05, 0) is 61.7 Å². The van der Waals surface area contributed by atoms with Crippen molar-refractivity contribution in [1.29, 1.82) is 0 Å². The van der Waals surface area contributed by atoms with Gasteiger partial charge in [-0.25, -0.2) is 0 Å². The second-order valence-electron chi connectivity index (χ2n) is 5.78. The average Bonchev–Trinajstić information content (AvgIpc) is 2.56. The van der Waals surface area contributed by atoms with Gasteiger partial charge in [0, 0.05) is 29.4 Å². The number of amides is 1. The number of nitrogens with two attached hydrogens (primary N) is 1. The lowest BCUT2D eigenvalue weighted by Gasteiger charge is -2.30. The molecular weight excluding hydrogens is 310 g/mol. The van der Waals surface area contributed by atoms with Gasteiger partial charge in [0.25, 0.3) is 5.91 Å². The molecule has 0 saturated carbocycles. The minimum absolute atomic E-state index is 0.174. The molecule has 1 aliphatic rings. The SMILES string of the molecule is Nc1cc(NC(=O)c2ccc(Cl)cc2)ccc1N1CCCCC1. The van der Waals surface area contributed by atoms with Gasteiger partial charge in [0.15, 0.2) is 0 Å². The minimum atomic E-state index is -0.174. The Kier molecular flexibility index (Phi) is 4.72. The van der Waals surface area contributed by atoms with Crippen LogP contribution in [0.1, 0.15) is 29.6 Å². The summed E-state index contributed by atoms with van der Waals surface area (Å²) in [5.74, 6) is -0.174. The van der Waals surface area contributed by atoms with Crippen LogP contribution < -0.4 is 16.0 Å². The zero-order valence-electron chi connectivity index (χ0n) is 12.9.